The lowest BCUT2D eigenvalue weighted by molar-refractivity contribution is 0.128. The van der Waals surface area contributed by atoms with Crippen molar-refractivity contribution in [3.05, 3.63) is 34.9 Å². The molecule has 1 atom stereocenters. The van der Waals surface area contributed by atoms with E-state index in [2.05, 4.69) is 39.0 Å². The highest BCUT2D eigenvalue weighted by molar-refractivity contribution is 5.33. The molecule has 1 aromatic carbocycles. The van der Waals surface area contributed by atoms with E-state index < -0.39 is 0 Å². The van der Waals surface area contributed by atoms with Crippen LogP contribution in [0.15, 0.2) is 18.2 Å². The predicted molar refractivity (Wildman–Crippen MR) is 68.6 cm³/mol. The van der Waals surface area contributed by atoms with Crippen LogP contribution in [0.25, 0.3) is 0 Å². The maximum atomic E-state index is 6.32. The molecule has 0 aliphatic carbocycles. The van der Waals surface area contributed by atoms with Crippen molar-refractivity contribution in [2.24, 2.45) is 5.73 Å². The quantitative estimate of drug-likeness (QED) is 0.776. The normalized spacial score (nSPS) is 14.8. The van der Waals surface area contributed by atoms with Crippen LogP contribution >= 0.6 is 0 Å². The van der Waals surface area contributed by atoms with Crippen LogP contribution in [0.2, 0.25) is 0 Å². The molecular weight excluding hydrogens is 198 g/mol. The van der Waals surface area contributed by atoms with Gasteiger partial charge in [0.1, 0.15) is 0 Å². The van der Waals surface area contributed by atoms with Crippen LogP contribution in [0, 0.1) is 13.8 Å². The first-order valence-electron chi connectivity index (χ1n) is 5.91. The van der Waals surface area contributed by atoms with Gasteiger partial charge in [0.05, 0.1) is 0 Å². The van der Waals surface area contributed by atoms with E-state index in [1.807, 2.05) is 6.92 Å². The molecule has 0 saturated carbocycles. The Hall–Kier alpha value is -0.860. The monoisotopic (exact) mass is 221 g/mol. The minimum absolute atomic E-state index is 0.298. The van der Waals surface area contributed by atoms with E-state index in [1.165, 1.54) is 16.7 Å². The summed E-state index contributed by atoms with van der Waals surface area (Å²) in [5.41, 5.74) is 9.82. The van der Waals surface area contributed by atoms with Crippen molar-refractivity contribution >= 4 is 0 Å². The Labute approximate surface area is 98.8 Å². The summed E-state index contributed by atoms with van der Waals surface area (Å²) in [5.74, 6) is 0. The number of rotatable bonds is 5. The van der Waals surface area contributed by atoms with Crippen molar-refractivity contribution in [3.8, 4) is 0 Å². The largest absolute Gasteiger partial charge is 0.382 e. The lowest BCUT2D eigenvalue weighted by Crippen LogP contribution is -2.34. The number of nitrogens with two attached hydrogens (primary N) is 1. The maximum absolute atomic E-state index is 6.32. The SMILES string of the molecule is CCOCCC(C)(N)c1ccc(C)c(C)c1. The van der Waals surface area contributed by atoms with Crippen LogP contribution in [0.1, 0.15) is 37.0 Å². The van der Waals surface area contributed by atoms with Gasteiger partial charge < -0.3 is 10.5 Å². The van der Waals surface area contributed by atoms with Crippen LogP contribution in [0.4, 0.5) is 0 Å². The Morgan fingerprint density at radius 3 is 2.50 bits per heavy atom. The second-order valence-electron chi connectivity index (χ2n) is 4.66. The van der Waals surface area contributed by atoms with Gasteiger partial charge in [-0.25, -0.2) is 0 Å². The molecule has 2 N–H and O–H groups in total. The molecular formula is C14H23NO. The summed E-state index contributed by atoms with van der Waals surface area (Å²) in [6.07, 6.45) is 0.851. The topological polar surface area (TPSA) is 35.2 Å². The van der Waals surface area contributed by atoms with Crippen LogP contribution in [-0.2, 0) is 10.3 Å². The number of ether oxygens (including phenoxy) is 1. The van der Waals surface area contributed by atoms with Gasteiger partial charge in [-0.1, -0.05) is 18.2 Å². The average Bonchev–Trinajstić information content (AvgIpc) is 2.22. The summed E-state index contributed by atoms with van der Waals surface area (Å²) in [5, 5.41) is 0. The van der Waals surface area contributed by atoms with Gasteiger partial charge in [0.15, 0.2) is 0 Å². The minimum atomic E-state index is -0.298. The number of hydrogen-bond donors (Lipinski definition) is 1. The predicted octanol–water partition coefficient (Wildman–Crippen LogP) is 2.90. The van der Waals surface area contributed by atoms with Gasteiger partial charge in [0.25, 0.3) is 0 Å². The zero-order chi connectivity index (χ0) is 12.2. The molecule has 0 bridgehead atoms. The van der Waals surface area contributed by atoms with Crippen LogP contribution < -0.4 is 5.73 Å². The van der Waals surface area contributed by atoms with E-state index in [0.717, 1.165) is 19.6 Å². The zero-order valence-electron chi connectivity index (χ0n) is 10.8. The lowest BCUT2D eigenvalue weighted by Gasteiger charge is -2.26. The third kappa shape index (κ3) is 3.32. The molecule has 0 radical (unpaired) electrons. The summed E-state index contributed by atoms with van der Waals surface area (Å²) in [4.78, 5) is 0. The minimum Gasteiger partial charge on any atom is -0.382 e. The van der Waals surface area contributed by atoms with Gasteiger partial charge in [-0.2, -0.15) is 0 Å². The fraction of sp³-hybridized carbons (Fsp3) is 0.571. The van der Waals surface area contributed by atoms with Crippen LogP contribution in [0.5, 0.6) is 0 Å². The molecule has 0 amide bonds. The summed E-state index contributed by atoms with van der Waals surface area (Å²) >= 11 is 0. The number of benzene rings is 1. The molecule has 1 rings (SSSR count). The van der Waals surface area contributed by atoms with Crippen LogP contribution in [0.3, 0.4) is 0 Å². The molecule has 0 aliphatic rings. The van der Waals surface area contributed by atoms with Crippen molar-refractivity contribution in [2.75, 3.05) is 13.2 Å². The average molecular weight is 221 g/mol. The van der Waals surface area contributed by atoms with E-state index >= 15 is 0 Å². The second-order valence-corrected chi connectivity index (χ2v) is 4.66. The molecule has 16 heavy (non-hydrogen) atoms. The van der Waals surface area contributed by atoms with Crippen molar-refractivity contribution in [3.63, 3.8) is 0 Å². The first-order valence-corrected chi connectivity index (χ1v) is 5.91. The molecule has 90 valence electrons. The van der Waals surface area contributed by atoms with E-state index in [4.69, 9.17) is 10.5 Å². The van der Waals surface area contributed by atoms with E-state index in [9.17, 15) is 0 Å². The molecule has 0 saturated heterocycles. The van der Waals surface area contributed by atoms with Gasteiger partial charge >= 0.3 is 0 Å². The first kappa shape index (κ1) is 13.2. The molecule has 1 aromatic rings. The zero-order valence-corrected chi connectivity index (χ0v) is 10.8. The Bertz CT molecular complexity index is 345. The standard InChI is InChI=1S/C14H23NO/c1-5-16-9-8-14(4,15)13-7-6-11(2)12(3)10-13/h6-7,10H,5,8-9,15H2,1-4H3. The molecule has 2 nitrogen and oxygen atoms in total. The Kier molecular flexibility index (Phi) is 4.51. The highest BCUT2D eigenvalue weighted by Gasteiger charge is 2.20. The van der Waals surface area contributed by atoms with Crippen molar-refractivity contribution in [1.82, 2.24) is 0 Å². The first-order chi connectivity index (χ1) is 7.47. The molecule has 0 aromatic heterocycles. The Balaban J connectivity index is 2.76. The van der Waals surface area contributed by atoms with Crippen molar-refractivity contribution in [2.45, 2.75) is 39.7 Å². The maximum Gasteiger partial charge on any atom is 0.0486 e. The Morgan fingerprint density at radius 2 is 1.94 bits per heavy atom. The van der Waals surface area contributed by atoms with Gasteiger partial charge in [0.2, 0.25) is 0 Å². The summed E-state index contributed by atoms with van der Waals surface area (Å²) < 4.78 is 5.36. The van der Waals surface area contributed by atoms with E-state index in [0.29, 0.717) is 0 Å². The number of hydrogen-bond acceptors (Lipinski definition) is 2. The molecule has 1 unspecified atom stereocenters. The highest BCUT2D eigenvalue weighted by atomic mass is 16.5. The summed E-state index contributed by atoms with van der Waals surface area (Å²) in [7, 11) is 0. The fourth-order valence-electron chi connectivity index (χ4n) is 1.67. The van der Waals surface area contributed by atoms with Crippen LogP contribution in [-0.4, -0.2) is 13.2 Å². The summed E-state index contributed by atoms with van der Waals surface area (Å²) in [6, 6.07) is 6.44. The smallest absolute Gasteiger partial charge is 0.0486 e. The van der Waals surface area contributed by atoms with E-state index in [-0.39, 0.29) is 5.54 Å². The lowest BCUT2D eigenvalue weighted by atomic mass is 9.88. The van der Waals surface area contributed by atoms with Gasteiger partial charge in [-0.15, -0.1) is 0 Å². The molecule has 0 spiro atoms. The third-order valence-electron chi connectivity index (χ3n) is 3.14. The summed E-state index contributed by atoms with van der Waals surface area (Å²) in [6.45, 7) is 9.78. The third-order valence-corrected chi connectivity index (χ3v) is 3.14. The molecule has 0 aliphatic heterocycles. The van der Waals surface area contributed by atoms with Crippen molar-refractivity contribution < 1.29 is 4.74 Å². The molecule has 0 fully saturated rings. The van der Waals surface area contributed by atoms with Gasteiger partial charge in [-0.3, -0.25) is 0 Å². The van der Waals surface area contributed by atoms with E-state index in [1.54, 1.807) is 0 Å². The molecule has 0 heterocycles. The van der Waals surface area contributed by atoms with Gasteiger partial charge in [0, 0.05) is 18.8 Å². The Morgan fingerprint density at radius 1 is 1.25 bits per heavy atom. The van der Waals surface area contributed by atoms with Gasteiger partial charge in [-0.05, 0) is 50.8 Å². The van der Waals surface area contributed by atoms with Crippen molar-refractivity contribution in [1.29, 1.82) is 0 Å². The second kappa shape index (κ2) is 5.46. The highest BCUT2D eigenvalue weighted by Crippen LogP contribution is 2.23. The fourth-order valence-corrected chi connectivity index (χ4v) is 1.67. The molecule has 2 heteroatoms. The number of aryl methyl sites for hydroxylation is 2.